The summed E-state index contributed by atoms with van der Waals surface area (Å²) >= 11 is 6.14. The molecular formula is C15H21ClN2O. The second kappa shape index (κ2) is 5.93. The summed E-state index contributed by atoms with van der Waals surface area (Å²) in [5.41, 5.74) is 1.56. The molecule has 1 aliphatic heterocycles. The molecule has 0 spiro atoms. The standard InChI is InChI=1S/C15H21ClN2O/c1-3-15(6-8-17-9-7-15)14(19)18-13-10-11(2)4-5-12(13)16/h4-5,10,17H,3,6-9H2,1-2H3,(H,18,19). The number of nitrogens with one attached hydrogen (secondary N) is 2. The Balaban J connectivity index is 2.17. The minimum Gasteiger partial charge on any atom is -0.324 e. The van der Waals surface area contributed by atoms with E-state index in [9.17, 15) is 4.79 Å². The van der Waals surface area contributed by atoms with Crippen molar-refractivity contribution in [2.45, 2.75) is 33.1 Å². The van der Waals surface area contributed by atoms with E-state index in [1.807, 2.05) is 25.1 Å². The third-order valence-electron chi connectivity index (χ3n) is 4.09. The highest BCUT2D eigenvalue weighted by Gasteiger charge is 2.37. The Hall–Kier alpha value is -1.06. The first-order chi connectivity index (χ1) is 9.07. The minimum absolute atomic E-state index is 0.101. The van der Waals surface area contributed by atoms with E-state index in [4.69, 9.17) is 11.6 Å². The number of aryl methyl sites for hydroxylation is 1. The molecule has 19 heavy (non-hydrogen) atoms. The molecular weight excluding hydrogens is 260 g/mol. The van der Waals surface area contributed by atoms with Gasteiger partial charge in [-0.2, -0.15) is 0 Å². The zero-order chi connectivity index (χ0) is 13.9. The van der Waals surface area contributed by atoms with Gasteiger partial charge in [0.2, 0.25) is 5.91 Å². The zero-order valence-corrected chi connectivity index (χ0v) is 12.3. The molecule has 1 aromatic rings. The van der Waals surface area contributed by atoms with Crippen LogP contribution >= 0.6 is 11.6 Å². The van der Waals surface area contributed by atoms with Gasteiger partial charge in [-0.05, 0) is 57.0 Å². The molecule has 2 N–H and O–H groups in total. The molecule has 0 aromatic heterocycles. The first kappa shape index (κ1) is 14.4. The molecule has 4 heteroatoms. The lowest BCUT2D eigenvalue weighted by atomic mass is 9.76. The second-order valence-corrected chi connectivity index (χ2v) is 5.73. The van der Waals surface area contributed by atoms with Gasteiger partial charge in [0, 0.05) is 0 Å². The molecule has 0 saturated carbocycles. The van der Waals surface area contributed by atoms with Crippen molar-refractivity contribution in [2.75, 3.05) is 18.4 Å². The fourth-order valence-electron chi connectivity index (χ4n) is 2.64. The molecule has 0 atom stereocenters. The van der Waals surface area contributed by atoms with Crippen LogP contribution in [-0.4, -0.2) is 19.0 Å². The summed E-state index contributed by atoms with van der Waals surface area (Å²) in [6.45, 7) is 5.89. The van der Waals surface area contributed by atoms with Crippen LogP contribution in [0.2, 0.25) is 5.02 Å². The highest BCUT2D eigenvalue weighted by Crippen LogP contribution is 2.35. The van der Waals surface area contributed by atoms with Crippen LogP contribution in [-0.2, 0) is 4.79 Å². The fraction of sp³-hybridized carbons (Fsp3) is 0.533. The Bertz CT molecular complexity index is 467. The smallest absolute Gasteiger partial charge is 0.230 e. The largest absolute Gasteiger partial charge is 0.324 e. The van der Waals surface area contributed by atoms with Crippen molar-refractivity contribution in [3.8, 4) is 0 Å². The monoisotopic (exact) mass is 280 g/mol. The van der Waals surface area contributed by atoms with Crippen LogP contribution in [0.1, 0.15) is 31.7 Å². The number of benzene rings is 1. The van der Waals surface area contributed by atoms with Crippen LogP contribution < -0.4 is 10.6 Å². The number of halogens is 1. The predicted octanol–water partition coefficient (Wildman–Crippen LogP) is 3.37. The number of anilines is 1. The van der Waals surface area contributed by atoms with Crippen LogP contribution in [0.4, 0.5) is 5.69 Å². The van der Waals surface area contributed by atoms with Crippen LogP contribution in [0.15, 0.2) is 18.2 Å². The van der Waals surface area contributed by atoms with Gasteiger partial charge in [-0.15, -0.1) is 0 Å². The molecule has 0 aliphatic carbocycles. The van der Waals surface area contributed by atoms with E-state index in [0.717, 1.165) is 43.6 Å². The molecule has 1 aromatic carbocycles. The lowest BCUT2D eigenvalue weighted by Crippen LogP contribution is -2.44. The summed E-state index contributed by atoms with van der Waals surface area (Å²) in [7, 11) is 0. The first-order valence-electron chi connectivity index (χ1n) is 6.86. The van der Waals surface area contributed by atoms with Crippen molar-refractivity contribution in [1.29, 1.82) is 0 Å². The maximum Gasteiger partial charge on any atom is 0.230 e. The molecule has 3 nitrogen and oxygen atoms in total. The molecule has 2 rings (SSSR count). The quantitative estimate of drug-likeness (QED) is 0.891. The van der Waals surface area contributed by atoms with Gasteiger partial charge in [0.25, 0.3) is 0 Å². The molecule has 1 heterocycles. The van der Waals surface area contributed by atoms with E-state index in [-0.39, 0.29) is 11.3 Å². The van der Waals surface area contributed by atoms with Crippen molar-refractivity contribution >= 4 is 23.2 Å². The number of rotatable bonds is 3. The van der Waals surface area contributed by atoms with Crippen molar-refractivity contribution in [2.24, 2.45) is 5.41 Å². The van der Waals surface area contributed by atoms with E-state index >= 15 is 0 Å². The van der Waals surface area contributed by atoms with Gasteiger partial charge < -0.3 is 10.6 Å². The third kappa shape index (κ3) is 3.10. The van der Waals surface area contributed by atoms with Gasteiger partial charge in [0.05, 0.1) is 16.1 Å². The van der Waals surface area contributed by atoms with Crippen LogP contribution in [0, 0.1) is 12.3 Å². The molecule has 1 saturated heterocycles. The van der Waals surface area contributed by atoms with Crippen molar-refractivity contribution in [3.63, 3.8) is 0 Å². The maximum atomic E-state index is 12.6. The van der Waals surface area contributed by atoms with Crippen LogP contribution in [0.25, 0.3) is 0 Å². The lowest BCUT2D eigenvalue weighted by molar-refractivity contribution is -0.127. The summed E-state index contributed by atoms with van der Waals surface area (Å²) in [6, 6.07) is 5.69. The number of amides is 1. The summed E-state index contributed by atoms with van der Waals surface area (Å²) in [5.74, 6) is 0.101. The molecule has 1 fully saturated rings. The second-order valence-electron chi connectivity index (χ2n) is 5.32. The van der Waals surface area contributed by atoms with Gasteiger partial charge in [0.1, 0.15) is 0 Å². The summed E-state index contributed by atoms with van der Waals surface area (Å²) < 4.78 is 0. The number of hydrogen-bond donors (Lipinski definition) is 2. The normalized spacial score (nSPS) is 18.1. The van der Waals surface area contributed by atoms with Gasteiger partial charge >= 0.3 is 0 Å². The fourth-order valence-corrected chi connectivity index (χ4v) is 2.80. The van der Waals surface area contributed by atoms with Gasteiger partial charge in [-0.3, -0.25) is 4.79 Å². The average molecular weight is 281 g/mol. The molecule has 0 unspecified atom stereocenters. The Labute approximate surface area is 119 Å². The topological polar surface area (TPSA) is 41.1 Å². The SMILES string of the molecule is CCC1(C(=O)Nc2cc(C)ccc2Cl)CCNCC1. The Morgan fingerprint density at radius 3 is 2.74 bits per heavy atom. The summed E-state index contributed by atoms with van der Waals surface area (Å²) in [6.07, 6.45) is 2.64. The number of carbonyl (C=O) groups is 1. The highest BCUT2D eigenvalue weighted by atomic mass is 35.5. The summed E-state index contributed by atoms with van der Waals surface area (Å²) in [4.78, 5) is 12.6. The Kier molecular flexibility index (Phi) is 4.48. The third-order valence-corrected chi connectivity index (χ3v) is 4.42. The van der Waals surface area contributed by atoms with Crippen LogP contribution in [0.5, 0.6) is 0 Å². The van der Waals surface area contributed by atoms with Crippen molar-refractivity contribution < 1.29 is 4.79 Å². The van der Waals surface area contributed by atoms with Crippen LogP contribution in [0.3, 0.4) is 0 Å². The number of hydrogen-bond acceptors (Lipinski definition) is 2. The predicted molar refractivity (Wildman–Crippen MR) is 79.6 cm³/mol. The number of carbonyl (C=O) groups excluding carboxylic acids is 1. The summed E-state index contributed by atoms with van der Waals surface area (Å²) in [5, 5.41) is 6.92. The lowest BCUT2D eigenvalue weighted by Gasteiger charge is -2.35. The van der Waals surface area contributed by atoms with Gasteiger partial charge in [-0.1, -0.05) is 24.6 Å². The van der Waals surface area contributed by atoms with Gasteiger partial charge in [-0.25, -0.2) is 0 Å². The first-order valence-corrected chi connectivity index (χ1v) is 7.23. The van der Waals surface area contributed by atoms with E-state index in [1.54, 1.807) is 0 Å². The number of piperidine rings is 1. The van der Waals surface area contributed by atoms with E-state index in [1.165, 1.54) is 0 Å². The van der Waals surface area contributed by atoms with Crippen molar-refractivity contribution in [1.82, 2.24) is 5.32 Å². The maximum absolute atomic E-state index is 12.6. The minimum atomic E-state index is -0.252. The average Bonchev–Trinajstić information content (AvgIpc) is 2.43. The molecule has 0 radical (unpaired) electrons. The molecule has 1 aliphatic rings. The van der Waals surface area contributed by atoms with E-state index < -0.39 is 0 Å². The van der Waals surface area contributed by atoms with E-state index in [2.05, 4.69) is 17.6 Å². The molecule has 1 amide bonds. The molecule has 104 valence electrons. The molecule has 0 bridgehead atoms. The highest BCUT2D eigenvalue weighted by molar-refractivity contribution is 6.33. The Morgan fingerprint density at radius 1 is 1.42 bits per heavy atom. The van der Waals surface area contributed by atoms with E-state index in [0.29, 0.717) is 5.02 Å². The zero-order valence-electron chi connectivity index (χ0n) is 11.6. The van der Waals surface area contributed by atoms with Crippen molar-refractivity contribution in [3.05, 3.63) is 28.8 Å². The Morgan fingerprint density at radius 2 is 2.11 bits per heavy atom. The van der Waals surface area contributed by atoms with Gasteiger partial charge in [0.15, 0.2) is 0 Å².